The first-order valence-electron chi connectivity index (χ1n) is 6.69. The molecule has 0 aromatic carbocycles. The van der Waals surface area contributed by atoms with Crippen molar-refractivity contribution >= 4 is 0 Å². The molecule has 3 heteroatoms. The monoisotopic (exact) mass is 249 g/mol. The van der Waals surface area contributed by atoms with Crippen LogP contribution >= 0.6 is 0 Å². The minimum absolute atomic E-state index is 0. The van der Waals surface area contributed by atoms with Crippen molar-refractivity contribution in [2.24, 2.45) is 0 Å². The first kappa shape index (κ1) is 16.2. The molecular formula is C13H28ClNO. The van der Waals surface area contributed by atoms with Crippen LogP contribution in [0.25, 0.3) is 0 Å². The van der Waals surface area contributed by atoms with E-state index in [0.717, 1.165) is 6.61 Å². The number of ether oxygens (including phenoxy) is 1. The van der Waals surface area contributed by atoms with Crippen molar-refractivity contribution in [1.29, 1.82) is 0 Å². The van der Waals surface area contributed by atoms with Crippen LogP contribution in [0.4, 0.5) is 0 Å². The number of hydrogen-bond donors (Lipinski definition) is 1. The molecule has 1 rings (SSSR count). The summed E-state index contributed by atoms with van der Waals surface area (Å²) in [6, 6.07) is 0. The van der Waals surface area contributed by atoms with E-state index in [1.54, 1.807) is 4.90 Å². The summed E-state index contributed by atoms with van der Waals surface area (Å²) in [6.07, 6.45) is 11.9. The molecule has 0 spiro atoms. The fraction of sp³-hybridized carbons (Fsp3) is 1.00. The molecule has 1 aliphatic rings. The van der Waals surface area contributed by atoms with Crippen LogP contribution in [-0.2, 0) is 4.74 Å². The molecule has 16 heavy (non-hydrogen) atoms. The number of halogens is 1. The average Bonchev–Trinajstić information content (AvgIpc) is 2.98. The van der Waals surface area contributed by atoms with E-state index in [4.69, 9.17) is 4.74 Å². The summed E-state index contributed by atoms with van der Waals surface area (Å²) in [5.74, 6) is 0. The summed E-state index contributed by atoms with van der Waals surface area (Å²) in [6.45, 7) is 2.37. The van der Waals surface area contributed by atoms with E-state index in [-0.39, 0.29) is 12.4 Å². The van der Waals surface area contributed by atoms with Gasteiger partial charge in [-0.1, -0.05) is 32.1 Å². The third kappa shape index (κ3) is 10.7. The van der Waals surface area contributed by atoms with Gasteiger partial charge >= 0.3 is 0 Å². The third-order valence-corrected chi connectivity index (χ3v) is 3.11. The topological polar surface area (TPSA) is 17.0 Å². The lowest BCUT2D eigenvalue weighted by molar-refractivity contribution is -0.858. The van der Waals surface area contributed by atoms with Crippen molar-refractivity contribution < 1.29 is 22.0 Å². The van der Waals surface area contributed by atoms with Gasteiger partial charge in [-0.3, -0.25) is 0 Å². The van der Waals surface area contributed by atoms with Crippen molar-refractivity contribution in [2.75, 3.05) is 27.2 Å². The van der Waals surface area contributed by atoms with Gasteiger partial charge in [-0.15, -0.1) is 0 Å². The zero-order chi connectivity index (χ0) is 10.9. The van der Waals surface area contributed by atoms with Gasteiger partial charge in [-0.2, -0.15) is 0 Å². The quantitative estimate of drug-likeness (QED) is 0.375. The molecule has 0 bridgehead atoms. The zero-order valence-corrected chi connectivity index (χ0v) is 11.7. The number of epoxide rings is 1. The van der Waals surface area contributed by atoms with Crippen LogP contribution in [0.15, 0.2) is 0 Å². The molecule has 0 radical (unpaired) electrons. The predicted octanol–water partition coefficient (Wildman–Crippen LogP) is -1.35. The smallest absolute Gasteiger partial charge is 0.0810 e. The van der Waals surface area contributed by atoms with Gasteiger partial charge in [0, 0.05) is 0 Å². The highest BCUT2D eigenvalue weighted by atomic mass is 35.5. The fourth-order valence-electron chi connectivity index (χ4n) is 1.97. The molecule has 0 aliphatic carbocycles. The molecule has 0 amide bonds. The molecule has 1 aliphatic heterocycles. The van der Waals surface area contributed by atoms with Gasteiger partial charge in [-0.05, 0) is 19.3 Å². The van der Waals surface area contributed by atoms with E-state index in [9.17, 15) is 0 Å². The largest absolute Gasteiger partial charge is 1.00 e. The summed E-state index contributed by atoms with van der Waals surface area (Å²) in [4.78, 5) is 1.58. The fourth-order valence-corrected chi connectivity index (χ4v) is 1.97. The van der Waals surface area contributed by atoms with Crippen molar-refractivity contribution in [3.63, 3.8) is 0 Å². The Bertz CT molecular complexity index is 141. The Kier molecular flexibility index (Phi) is 10.5. The van der Waals surface area contributed by atoms with E-state index in [2.05, 4.69) is 14.1 Å². The molecule has 1 saturated heterocycles. The first-order valence-corrected chi connectivity index (χ1v) is 6.69. The van der Waals surface area contributed by atoms with Crippen molar-refractivity contribution in [3.05, 3.63) is 0 Å². The first-order chi connectivity index (χ1) is 7.29. The molecule has 1 N–H and O–H groups in total. The number of hydrogen-bond acceptors (Lipinski definition) is 1. The Morgan fingerprint density at radius 2 is 1.44 bits per heavy atom. The van der Waals surface area contributed by atoms with Crippen LogP contribution < -0.4 is 17.3 Å². The van der Waals surface area contributed by atoms with Crippen LogP contribution in [0.2, 0.25) is 0 Å². The van der Waals surface area contributed by atoms with Crippen LogP contribution in [0, 0.1) is 0 Å². The van der Waals surface area contributed by atoms with Crippen LogP contribution in [0.3, 0.4) is 0 Å². The zero-order valence-electron chi connectivity index (χ0n) is 10.9. The summed E-state index contributed by atoms with van der Waals surface area (Å²) >= 11 is 0. The van der Waals surface area contributed by atoms with Gasteiger partial charge in [0.15, 0.2) is 0 Å². The molecule has 0 aromatic heterocycles. The maximum absolute atomic E-state index is 5.19. The van der Waals surface area contributed by atoms with Gasteiger partial charge < -0.3 is 22.0 Å². The molecule has 98 valence electrons. The lowest BCUT2D eigenvalue weighted by atomic mass is 10.1. The molecule has 1 unspecified atom stereocenters. The summed E-state index contributed by atoms with van der Waals surface area (Å²) < 4.78 is 5.19. The highest BCUT2D eigenvalue weighted by Gasteiger charge is 2.20. The Balaban J connectivity index is 0.00000225. The minimum Gasteiger partial charge on any atom is -1.00 e. The van der Waals surface area contributed by atoms with E-state index < -0.39 is 0 Å². The summed E-state index contributed by atoms with van der Waals surface area (Å²) in [7, 11) is 4.47. The Hall–Kier alpha value is 0.210. The van der Waals surface area contributed by atoms with Gasteiger partial charge in [0.1, 0.15) is 0 Å². The van der Waals surface area contributed by atoms with E-state index in [1.807, 2.05) is 0 Å². The molecule has 2 nitrogen and oxygen atoms in total. The van der Waals surface area contributed by atoms with Crippen molar-refractivity contribution in [3.8, 4) is 0 Å². The predicted molar refractivity (Wildman–Crippen MR) is 64.4 cm³/mol. The maximum atomic E-state index is 5.19. The summed E-state index contributed by atoms with van der Waals surface area (Å²) in [5, 5.41) is 0. The molecule has 1 fully saturated rings. The lowest BCUT2D eigenvalue weighted by Gasteiger charge is -2.06. The molecule has 0 saturated carbocycles. The second kappa shape index (κ2) is 10.4. The van der Waals surface area contributed by atoms with E-state index >= 15 is 0 Å². The number of quaternary nitrogens is 1. The van der Waals surface area contributed by atoms with Crippen molar-refractivity contribution in [1.82, 2.24) is 0 Å². The number of rotatable bonds is 10. The number of nitrogens with one attached hydrogen (secondary N) is 1. The second-order valence-corrected chi connectivity index (χ2v) is 5.18. The summed E-state index contributed by atoms with van der Waals surface area (Å²) in [5.41, 5.74) is 0. The van der Waals surface area contributed by atoms with E-state index in [1.165, 1.54) is 57.9 Å². The minimum atomic E-state index is 0. The van der Waals surface area contributed by atoms with Gasteiger partial charge in [-0.25, -0.2) is 0 Å². The van der Waals surface area contributed by atoms with E-state index in [0.29, 0.717) is 6.10 Å². The van der Waals surface area contributed by atoms with Crippen LogP contribution in [0.1, 0.15) is 51.4 Å². The highest BCUT2D eigenvalue weighted by molar-refractivity contribution is 4.68. The average molecular weight is 250 g/mol. The molecule has 1 heterocycles. The second-order valence-electron chi connectivity index (χ2n) is 5.18. The van der Waals surface area contributed by atoms with Gasteiger partial charge in [0.25, 0.3) is 0 Å². The number of unbranched alkanes of at least 4 members (excludes halogenated alkanes) is 6. The Labute approximate surface area is 107 Å². The third-order valence-electron chi connectivity index (χ3n) is 3.11. The van der Waals surface area contributed by atoms with Gasteiger partial charge in [0.05, 0.1) is 33.4 Å². The standard InChI is InChI=1S/C13H27NO.ClH/c1-14(2)11-9-7-5-3-4-6-8-10-13-12-15-13;/h13H,3-12H2,1-2H3;1H. The highest BCUT2D eigenvalue weighted by Crippen LogP contribution is 2.18. The maximum Gasteiger partial charge on any atom is 0.0810 e. The van der Waals surface area contributed by atoms with Crippen molar-refractivity contribution in [2.45, 2.75) is 57.5 Å². The SMILES string of the molecule is C[NH+](C)CCCCCCCCCC1CO1.[Cl-]. The van der Waals surface area contributed by atoms with Crippen LogP contribution in [0.5, 0.6) is 0 Å². The van der Waals surface area contributed by atoms with Gasteiger partial charge in [0.2, 0.25) is 0 Å². The normalized spacial score (nSPS) is 18.6. The Morgan fingerprint density at radius 1 is 0.938 bits per heavy atom. The lowest BCUT2D eigenvalue weighted by Crippen LogP contribution is -3.05. The Morgan fingerprint density at radius 3 is 1.94 bits per heavy atom. The molecule has 0 aromatic rings. The van der Waals surface area contributed by atoms with Crippen LogP contribution in [-0.4, -0.2) is 33.4 Å². The molecule has 1 atom stereocenters. The molecular weight excluding hydrogens is 222 g/mol.